The third-order valence-corrected chi connectivity index (χ3v) is 1.34. The predicted molar refractivity (Wildman–Crippen MR) is 41.3 cm³/mol. The van der Waals surface area contributed by atoms with Crippen LogP contribution in [0.1, 0.15) is 20.8 Å². The second-order valence-corrected chi connectivity index (χ2v) is 3.09. The van der Waals surface area contributed by atoms with E-state index < -0.39 is 5.97 Å². The molecule has 0 spiro atoms. The van der Waals surface area contributed by atoms with Crippen LogP contribution in [0.25, 0.3) is 0 Å². The molecular weight excluding hydrogens is 135 g/mol. The van der Waals surface area contributed by atoms with Gasteiger partial charge in [-0.25, -0.2) is 0 Å². The lowest BCUT2D eigenvalue weighted by molar-refractivity contribution is -0.134. The smallest absolute Gasteiger partial charge is 0.300 e. The lowest BCUT2D eigenvalue weighted by atomic mass is 10.9. The topological polar surface area (TPSA) is 37.3 Å². The SMILES string of the molecule is CC(=O)O.CC[P]CC. The summed E-state index contributed by atoms with van der Waals surface area (Å²) in [6, 6.07) is 0. The van der Waals surface area contributed by atoms with Crippen LogP contribution >= 0.6 is 8.58 Å². The van der Waals surface area contributed by atoms with Gasteiger partial charge in [-0.05, 0) is 12.3 Å². The first-order valence-corrected chi connectivity index (χ1v) is 4.24. The van der Waals surface area contributed by atoms with Crippen molar-refractivity contribution in [3.05, 3.63) is 0 Å². The van der Waals surface area contributed by atoms with Crippen LogP contribution in [-0.2, 0) is 4.79 Å². The molecule has 0 atom stereocenters. The molecule has 0 aliphatic heterocycles. The van der Waals surface area contributed by atoms with Gasteiger partial charge in [0.25, 0.3) is 5.97 Å². The summed E-state index contributed by atoms with van der Waals surface area (Å²) in [4.78, 5) is 9.00. The largest absolute Gasteiger partial charge is 0.481 e. The number of hydrogen-bond acceptors (Lipinski definition) is 1. The molecule has 0 bridgehead atoms. The van der Waals surface area contributed by atoms with Crippen LogP contribution in [0.4, 0.5) is 0 Å². The quantitative estimate of drug-likeness (QED) is 0.610. The van der Waals surface area contributed by atoms with E-state index in [4.69, 9.17) is 9.90 Å². The van der Waals surface area contributed by atoms with Gasteiger partial charge in [-0.1, -0.05) is 22.4 Å². The van der Waals surface area contributed by atoms with Gasteiger partial charge in [0.1, 0.15) is 0 Å². The van der Waals surface area contributed by atoms with Crippen molar-refractivity contribution in [2.24, 2.45) is 0 Å². The van der Waals surface area contributed by atoms with E-state index in [0.29, 0.717) is 0 Å². The van der Waals surface area contributed by atoms with Crippen LogP contribution in [0.15, 0.2) is 0 Å². The third-order valence-electron chi connectivity index (χ3n) is 0.447. The molecule has 1 N–H and O–H groups in total. The highest BCUT2D eigenvalue weighted by molar-refractivity contribution is 7.37. The summed E-state index contributed by atoms with van der Waals surface area (Å²) >= 11 is 0. The molecule has 0 aliphatic carbocycles. The number of rotatable bonds is 2. The van der Waals surface area contributed by atoms with Crippen LogP contribution in [0, 0.1) is 0 Å². The van der Waals surface area contributed by atoms with E-state index in [1.165, 1.54) is 12.3 Å². The van der Waals surface area contributed by atoms with Crippen LogP contribution in [0.5, 0.6) is 0 Å². The Morgan fingerprint density at radius 1 is 1.44 bits per heavy atom. The fraction of sp³-hybridized carbons (Fsp3) is 0.833. The van der Waals surface area contributed by atoms with E-state index in [1.54, 1.807) is 8.58 Å². The molecule has 0 aliphatic rings. The summed E-state index contributed by atoms with van der Waals surface area (Å²) in [5.74, 6) is -0.833. The highest BCUT2D eigenvalue weighted by Crippen LogP contribution is 2.03. The minimum atomic E-state index is -0.833. The molecule has 9 heavy (non-hydrogen) atoms. The van der Waals surface area contributed by atoms with Crippen molar-refractivity contribution in [1.29, 1.82) is 0 Å². The molecule has 0 fully saturated rings. The molecule has 0 rings (SSSR count). The molecule has 0 aromatic heterocycles. The zero-order valence-electron chi connectivity index (χ0n) is 6.22. The van der Waals surface area contributed by atoms with Gasteiger partial charge in [0.2, 0.25) is 0 Å². The van der Waals surface area contributed by atoms with Gasteiger partial charge < -0.3 is 5.11 Å². The van der Waals surface area contributed by atoms with E-state index >= 15 is 0 Å². The second kappa shape index (κ2) is 10.8. The monoisotopic (exact) mass is 149 g/mol. The van der Waals surface area contributed by atoms with Crippen molar-refractivity contribution in [2.45, 2.75) is 20.8 Å². The molecule has 0 heterocycles. The predicted octanol–water partition coefficient (Wildman–Crippen LogP) is 2.06. The Labute approximate surface area is 58.4 Å². The van der Waals surface area contributed by atoms with Gasteiger partial charge in [0, 0.05) is 6.92 Å². The van der Waals surface area contributed by atoms with E-state index in [9.17, 15) is 0 Å². The van der Waals surface area contributed by atoms with E-state index in [2.05, 4.69) is 13.8 Å². The lowest BCUT2D eigenvalue weighted by Gasteiger charge is -1.78. The molecule has 0 saturated carbocycles. The third kappa shape index (κ3) is 76.2. The molecule has 0 unspecified atom stereocenters. The molecule has 0 amide bonds. The van der Waals surface area contributed by atoms with Crippen LogP contribution in [0.3, 0.4) is 0 Å². The van der Waals surface area contributed by atoms with Crippen LogP contribution in [-0.4, -0.2) is 23.4 Å². The molecule has 0 saturated heterocycles. The Morgan fingerprint density at radius 3 is 1.67 bits per heavy atom. The second-order valence-electron chi connectivity index (χ2n) is 1.38. The summed E-state index contributed by atoms with van der Waals surface area (Å²) < 4.78 is 0. The first kappa shape index (κ1) is 11.7. The van der Waals surface area contributed by atoms with E-state index in [1.807, 2.05) is 0 Å². The van der Waals surface area contributed by atoms with Gasteiger partial charge in [0.05, 0.1) is 0 Å². The zero-order chi connectivity index (χ0) is 7.70. The number of carbonyl (C=O) groups is 1. The van der Waals surface area contributed by atoms with Crippen molar-refractivity contribution < 1.29 is 9.90 Å². The Bertz CT molecular complexity index is 58.1. The highest BCUT2D eigenvalue weighted by Gasteiger charge is 1.68. The standard InChI is InChI=1S/C4H10P.C2H4O2/c1-3-5-4-2;1-2(3)4/h3-4H2,1-2H3;1H3,(H,3,4). The van der Waals surface area contributed by atoms with Gasteiger partial charge in [-0.3, -0.25) is 4.79 Å². The fourth-order valence-electron chi connectivity index (χ4n) is 0.224. The van der Waals surface area contributed by atoms with E-state index in [0.717, 1.165) is 6.92 Å². The average Bonchev–Trinajstić information content (AvgIpc) is 1.66. The first-order chi connectivity index (χ1) is 4.15. The average molecular weight is 149 g/mol. The normalized spacial score (nSPS) is 7.44. The summed E-state index contributed by atoms with van der Waals surface area (Å²) in [6.45, 7) is 5.48. The van der Waals surface area contributed by atoms with Crippen LogP contribution < -0.4 is 0 Å². The maximum absolute atomic E-state index is 9.00. The van der Waals surface area contributed by atoms with Gasteiger partial charge in [-0.15, -0.1) is 0 Å². The minimum absolute atomic E-state index is 0.833. The van der Waals surface area contributed by atoms with Crippen LogP contribution in [0.2, 0.25) is 0 Å². The van der Waals surface area contributed by atoms with E-state index in [-0.39, 0.29) is 0 Å². The number of aliphatic carboxylic acids is 1. The van der Waals surface area contributed by atoms with Crippen molar-refractivity contribution in [3.8, 4) is 0 Å². The summed E-state index contributed by atoms with van der Waals surface area (Å²) in [6.07, 6.45) is 2.63. The Kier molecular flexibility index (Phi) is 14.0. The Balaban J connectivity index is 0. The summed E-state index contributed by atoms with van der Waals surface area (Å²) in [5, 5.41) is 7.42. The Hall–Kier alpha value is -0.100. The molecular formula is C6H14O2P. The molecule has 1 radical (unpaired) electrons. The highest BCUT2D eigenvalue weighted by atomic mass is 31.1. The minimum Gasteiger partial charge on any atom is -0.481 e. The number of carboxylic acids is 1. The first-order valence-electron chi connectivity index (χ1n) is 2.97. The lowest BCUT2D eigenvalue weighted by Crippen LogP contribution is -1.78. The number of carboxylic acid groups (broad SMARTS) is 1. The van der Waals surface area contributed by atoms with Crippen molar-refractivity contribution >= 4 is 14.6 Å². The number of hydrogen-bond donors (Lipinski definition) is 1. The maximum atomic E-state index is 9.00. The van der Waals surface area contributed by atoms with Gasteiger partial charge in [0.15, 0.2) is 0 Å². The molecule has 2 nitrogen and oxygen atoms in total. The molecule has 0 aromatic carbocycles. The maximum Gasteiger partial charge on any atom is 0.300 e. The van der Waals surface area contributed by atoms with Crippen molar-refractivity contribution in [1.82, 2.24) is 0 Å². The summed E-state index contributed by atoms with van der Waals surface area (Å²) in [7, 11) is 1.58. The van der Waals surface area contributed by atoms with Gasteiger partial charge in [-0.2, -0.15) is 0 Å². The Morgan fingerprint density at radius 2 is 1.67 bits per heavy atom. The molecule has 3 heteroatoms. The van der Waals surface area contributed by atoms with Gasteiger partial charge >= 0.3 is 0 Å². The molecule has 0 aromatic rings. The fourth-order valence-corrected chi connectivity index (χ4v) is 0.671. The zero-order valence-corrected chi connectivity index (χ0v) is 7.11. The van der Waals surface area contributed by atoms with Crippen molar-refractivity contribution in [2.75, 3.05) is 12.3 Å². The molecule has 55 valence electrons. The summed E-state index contributed by atoms with van der Waals surface area (Å²) in [5.41, 5.74) is 0. The van der Waals surface area contributed by atoms with Crippen molar-refractivity contribution in [3.63, 3.8) is 0 Å².